The molecule has 3 aromatic heterocycles. The number of hydrogen-bond donors (Lipinski definition) is 2. The Morgan fingerprint density at radius 2 is 2.03 bits per heavy atom. The molecule has 1 amide bonds. The lowest BCUT2D eigenvalue weighted by molar-refractivity contribution is -0.111. The van der Waals surface area contributed by atoms with Gasteiger partial charge in [-0.05, 0) is 55.3 Å². The maximum atomic E-state index is 13.0. The van der Waals surface area contributed by atoms with Gasteiger partial charge in [0.2, 0.25) is 0 Å². The molecule has 0 bridgehead atoms. The number of nitrogen functional groups attached to an aromatic ring is 1. The third-order valence-corrected chi connectivity index (χ3v) is 5.18. The third kappa shape index (κ3) is 3.29. The van der Waals surface area contributed by atoms with Gasteiger partial charge in [-0.2, -0.15) is 4.98 Å². The molecule has 4 N–H and O–H groups in total. The molecule has 1 aliphatic heterocycles. The molecule has 1 saturated heterocycles. The Morgan fingerprint density at radius 1 is 1.23 bits per heavy atom. The number of aldehydes is 1. The Labute approximate surface area is 172 Å². The Hall–Kier alpha value is -3.72. The van der Waals surface area contributed by atoms with Crippen LogP contribution in [0.3, 0.4) is 0 Å². The van der Waals surface area contributed by atoms with Crippen molar-refractivity contribution in [1.29, 1.82) is 0 Å². The minimum absolute atomic E-state index is 0.125. The van der Waals surface area contributed by atoms with Crippen LogP contribution < -0.4 is 11.5 Å². The average Bonchev–Trinajstić information content (AvgIpc) is 3.50. The van der Waals surface area contributed by atoms with E-state index in [9.17, 15) is 9.59 Å². The number of fused-ring (bicyclic) bond motifs is 2. The lowest BCUT2D eigenvalue weighted by Gasteiger charge is -2.20. The minimum Gasteiger partial charge on any atom is -0.424 e. The van der Waals surface area contributed by atoms with Gasteiger partial charge in [0.15, 0.2) is 5.58 Å². The van der Waals surface area contributed by atoms with Crippen LogP contribution in [0.5, 0.6) is 0 Å². The molecule has 9 heteroatoms. The lowest BCUT2D eigenvalue weighted by atomic mass is 10.1. The van der Waals surface area contributed by atoms with Crippen molar-refractivity contribution in [2.24, 2.45) is 5.73 Å². The summed E-state index contributed by atoms with van der Waals surface area (Å²) in [5, 5.41) is 0. The number of benzene rings is 1. The first kappa shape index (κ1) is 19.6. The summed E-state index contributed by atoms with van der Waals surface area (Å²) in [6.07, 6.45) is 5.81. The monoisotopic (exact) mass is 406 g/mol. The number of nitrogens with two attached hydrogens (primary N) is 2. The van der Waals surface area contributed by atoms with Crippen LogP contribution in [0.4, 0.5) is 6.01 Å². The lowest BCUT2D eigenvalue weighted by Crippen LogP contribution is -2.37. The second kappa shape index (κ2) is 7.96. The third-order valence-electron chi connectivity index (χ3n) is 5.18. The van der Waals surface area contributed by atoms with E-state index in [1.807, 2.05) is 36.5 Å². The van der Waals surface area contributed by atoms with Crippen LogP contribution in [-0.2, 0) is 4.79 Å². The smallest absolute Gasteiger partial charge is 0.292 e. The fourth-order valence-electron chi connectivity index (χ4n) is 3.77. The van der Waals surface area contributed by atoms with Gasteiger partial charge in [-0.15, -0.1) is 0 Å². The number of hydrogen-bond acceptors (Lipinski definition) is 7. The summed E-state index contributed by atoms with van der Waals surface area (Å²) in [5.74, 6) is -0.182. The predicted molar refractivity (Wildman–Crippen MR) is 113 cm³/mol. The van der Waals surface area contributed by atoms with Crippen molar-refractivity contribution in [3.05, 3.63) is 48.4 Å². The van der Waals surface area contributed by atoms with E-state index >= 15 is 0 Å². The highest BCUT2D eigenvalue weighted by molar-refractivity contribution is 5.95. The highest BCUT2D eigenvalue weighted by Gasteiger charge is 2.30. The zero-order valence-electron chi connectivity index (χ0n) is 16.5. The van der Waals surface area contributed by atoms with Crippen LogP contribution in [0.15, 0.2) is 47.1 Å². The molecule has 1 unspecified atom stereocenters. The molecule has 4 heterocycles. The maximum absolute atomic E-state index is 13.0. The topological polar surface area (TPSA) is 133 Å². The molecule has 154 valence electrons. The highest BCUT2D eigenvalue weighted by atomic mass is 16.4. The van der Waals surface area contributed by atoms with Gasteiger partial charge in [-0.3, -0.25) is 9.20 Å². The number of pyridine rings is 1. The summed E-state index contributed by atoms with van der Waals surface area (Å²) in [7, 11) is 1.50. The van der Waals surface area contributed by atoms with Crippen LogP contribution in [-0.4, -0.2) is 51.1 Å². The van der Waals surface area contributed by atoms with Crippen LogP contribution in [0.2, 0.25) is 0 Å². The fourth-order valence-corrected chi connectivity index (χ4v) is 3.77. The van der Waals surface area contributed by atoms with Crippen LogP contribution in [0.25, 0.3) is 27.9 Å². The maximum Gasteiger partial charge on any atom is 0.292 e. The van der Waals surface area contributed by atoms with E-state index in [1.165, 1.54) is 7.05 Å². The van der Waals surface area contributed by atoms with Crippen LogP contribution in [0, 0.1) is 0 Å². The molecule has 1 fully saturated rings. The number of nitrogens with zero attached hydrogens (tertiary/aromatic N) is 4. The van der Waals surface area contributed by atoms with Gasteiger partial charge in [0.25, 0.3) is 11.9 Å². The van der Waals surface area contributed by atoms with E-state index in [-0.39, 0.29) is 18.0 Å². The zero-order valence-corrected chi connectivity index (χ0v) is 16.5. The summed E-state index contributed by atoms with van der Waals surface area (Å²) >= 11 is 0. The van der Waals surface area contributed by atoms with Crippen molar-refractivity contribution in [3.63, 3.8) is 0 Å². The largest absolute Gasteiger partial charge is 0.424 e. The van der Waals surface area contributed by atoms with Crippen molar-refractivity contribution >= 4 is 35.0 Å². The number of carbonyl (C=O) groups excluding carboxylic acids is 2. The molecule has 4 aromatic rings. The molecule has 0 aliphatic carbocycles. The van der Waals surface area contributed by atoms with E-state index in [1.54, 1.807) is 15.5 Å². The van der Waals surface area contributed by atoms with E-state index < -0.39 is 0 Å². The Kier molecular flexibility index (Phi) is 5.20. The molecular formula is C21H22N6O3. The Bertz CT molecular complexity index is 1230. The van der Waals surface area contributed by atoms with Gasteiger partial charge < -0.3 is 25.6 Å². The van der Waals surface area contributed by atoms with Crippen molar-refractivity contribution < 1.29 is 14.0 Å². The number of amides is 1. The summed E-state index contributed by atoms with van der Waals surface area (Å²) in [6, 6.07) is 9.17. The number of oxazole rings is 1. The van der Waals surface area contributed by atoms with Crippen molar-refractivity contribution in [2.75, 3.05) is 19.3 Å². The van der Waals surface area contributed by atoms with Crippen molar-refractivity contribution in [3.8, 4) is 11.1 Å². The van der Waals surface area contributed by atoms with Crippen molar-refractivity contribution in [2.45, 2.75) is 18.9 Å². The first-order valence-corrected chi connectivity index (χ1v) is 9.61. The van der Waals surface area contributed by atoms with Gasteiger partial charge >= 0.3 is 0 Å². The van der Waals surface area contributed by atoms with E-state index in [0.717, 1.165) is 23.8 Å². The molecule has 1 aliphatic rings. The van der Waals surface area contributed by atoms with Crippen molar-refractivity contribution in [1.82, 2.24) is 19.3 Å². The molecule has 1 atom stereocenters. The van der Waals surface area contributed by atoms with Gasteiger partial charge in [0.05, 0.1) is 12.2 Å². The summed E-state index contributed by atoms with van der Waals surface area (Å²) in [5.41, 5.74) is 14.3. The predicted octanol–water partition coefficient (Wildman–Crippen LogP) is 2.10. The number of rotatable bonds is 3. The number of imidazole rings is 1. The average molecular weight is 406 g/mol. The minimum atomic E-state index is -0.360. The van der Waals surface area contributed by atoms with E-state index in [4.69, 9.17) is 10.2 Å². The molecule has 1 aromatic carbocycles. The van der Waals surface area contributed by atoms with Gasteiger partial charge in [-0.1, -0.05) is 6.07 Å². The SMILES string of the molecule is CN.Nc1nc2cc(-c3ccc4ncc(C(=O)N5CCCC5C=O)n4c3)ccc2o1. The molecule has 0 radical (unpaired) electrons. The molecule has 0 saturated carbocycles. The van der Waals surface area contributed by atoms with Gasteiger partial charge in [0.1, 0.15) is 23.1 Å². The van der Waals surface area contributed by atoms with Gasteiger partial charge in [0, 0.05) is 12.7 Å². The quantitative estimate of drug-likeness (QED) is 0.498. The molecule has 9 nitrogen and oxygen atoms in total. The fraction of sp³-hybridized carbons (Fsp3) is 0.238. The summed E-state index contributed by atoms with van der Waals surface area (Å²) in [6.45, 7) is 0.583. The Morgan fingerprint density at radius 3 is 2.83 bits per heavy atom. The molecule has 0 spiro atoms. The second-order valence-corrected chi connectivity index (χ2v) is 6.87. The number of carbonyl (C=O) groups is 2. The first-order valence-electron chi connectivity index (χ1n) is 9.61. The number of aromatic nitrogens is 3. The molecule has 30 heavy (non-hydrogen) atoms. The van der Waals surface area contributed by atoms with Gasteiger partial charge in [-0.25, -0.2) is 4.98 Å². The molecular weight excluding hydrogens is 384 g/mol. The van der Waals surface area contributed by atoms with Crippen LogP contribution in [0.1, 0.15) is 23.3 Å². The normalized spacial score (nSPS) is 15.9. The summed E-state index contributed by atoms with van der Waals surface area (Å²) < 4.78 is 7.08. The first-order chi connectivity index (χ1) is 14.6. The standard InChI is InChI=1S/C20H17N5O3.CH5N/c21-20-23-15-8-12(3-5-17(15)28-20)13-4-6-18-22-9-16(25(18)10-13)19(27)24-7-1-2-14(24)11-26;1-2/h3-6,8-11,14H,1-2,7H2,(H2,21,23);2H2,1H3. The molecule has 5 rings (SSSR count). The highest BCUT2D eigenvalue weighted by Crippen LogP contribution is 2.27. The number of likely N-dealkylation sites (tertiary alicyclic amines) is 1. The second-order valence-electron chi connectivity index (χ2n) is 6.87. The van der Waals surface area contributed by atoms with Crippen LogP contribution >= 0.6 is 0 Å². The zero-order chi connectivity index (χ0) is 21.3. The van der Waals surface area contributed by atoms with E-state index in [0.29, 0.717) is 35.4 Å². The van der Waals surface area contributed by atoms with E-state index in [2.05, 4.69) is 15.7 Å². The number of anilines is 1. The summed E-state index contributed by atoms with van der Waals surface area (Å²) in [4.78, 5) is 34.4. The Balaban J connectivity index is 0.00000106.